The number of imidazole rings is 1. The van der Waals surface area contributed by atoms with E-state index in [2.05, 4.69) is 15.0 Å². The molecule has 1 aliphatic rings. The maximum absolute atomic E-state index is 12.5. The second kappa shape index (κ2) is 7.34. The van der Waals surface area contributed by atoms with Crippen LogP contribution in [0.15, 0.2) is 35.1 Å². The Balaban J connectivity index is 1.59. The summed E-state index contributed by atoms with van der Waals surface area (Å²) in [7, 11) is 0. The Kier molecular flexibility index (Phi) is 4.75. The van der Waals surface area contributed by atoms with Crippen molar-refractivity contribution in [3.8, 4) is 0 Å². The number of fused-ring (bicyclic) bond motifs is 3. The van der Waals surface area contributed by atoms with Crippen molar-refractivity contribution in [3.63, 3.8) is 0 Å². The molecule has 0 radical (unpaired) electrons. The zero-order valence-corrected chi connectivity index (χ0v) is 15.4. The number of nitrogens with one attached hydrogen (secondary N) is 1. The largest absolute Gasteiger partial charge is 0.328 e. The predicted octanol–water partition coefficient (Wildman–Crippen LogP) is 2.98. The molecule has 7 heteroatoms. The fraction of sp³-hybridized carbons (Fsp3) is 0.400. The van der Waals surface area contributed by atoms with Crippen LogP contribution in [0.1, 0.15) is 48.9 Å². The zero-order valence-electron chi connectivity index (χ0n) is 15.4. The maximum Gasteiger partial charge on any atom is 0.276 e. The van der Waals surface area contributed by atoms with E-state index in [1.54, 1.807) is 0 Å². The van der Waals surface area contributed by atoms with E-state index < -0.39 is 0 Å². The van der Waals surface area contributed by atoms with Gasteiger partial charge in [0.05, 0.1) is 11.0 Å². The molecule has 2 aromatic heterocycles. The van der Waals surface area contributed by atoms with Gasteiger partial charge in [-0.05, 0) is 43.5 Å². The van der Waals surface area contributed by atoms with Crippen molar-refractivity contribution in [2.75, 3.05) is 5.32 Å². The fourth-order valence-corrected chi connectivity index (χ4v) is 3.56. The van der Waals surface area contributed by atoms with Gasteiger partial charge in [0, 0.05) is 31.3 Å². The van der Waals surface area contributed by atoms with Crippen LogP contribution in [0, 0.1) is 0 Å². The molecule has 1 amide bonds. The number of amides is 1. The van der Waals surface area contributed by atoms with Crippen LogP contribution in [0.2, 0.25) is 0 Å². The molecule has 0 aliphatic carbocycles. The Hall–Kier alpha value is -2.96. The third-order valence-electron chi connectivity index (χ3n) is 4.90. The van der Waals surface area contributed by atoms with Crippen molar-refractivity contribution >= 4 is 22.6 Å². The average Bonchev–Trinajstić information content (AvgIpc) is 2.83. The van der Waals surface area contributed by atoms with Gasteiger partial charge in [0.1, 0.15) is 11.5 Å². The molecule has 1 aromatic carbocycles. The minimum Gasteiger partial charge on any atom is -0.328 e. The van der Waals surface area contributed by atoms with Gasteiger partial charge in [-0.3, -0.25) is 9.59 Å². The van der Waals surface area contributed by atoms with E-state index in [1.807, 2.05) is 25.1 Å². The molecule has 1 aliphatic heterocycles. The summed E-state index contributed by atoms with van der Waals surface area (Å²) < 4.78 is 3.61. The first kappa shape index (κ1) is 17.5. The Bertz CT molecular complexity index is 1050. The van der Waals surface area contributed by atoms with Gasteiger partial charge in [-0.15, -0.1) is 0 Å². The molecule has 0 spiro atoms. The molecule has 0 saturated carbocycles. The SMILES string of the molecule is CCCn1nc(C(=O)Nc2ccc3c(c2)nc2n3CCCCC2)ccc1=O. The van der Waals surface area contributed by atoms with Gasteiger partial charge in [0.25, 0.3) is 11.5 Å². The Morgan fingerprint density at radius 1 is 1.19 bits per heavy atom. The highest BCUT2D eigenvalue weighted by molar-refractivity contribution is 6.03. The van der Waals surface area contributed by atoms with Crippen LogP contribution in [0.4, 0.5) is 5.69 Å². The lowest BCUT2D eigenvalue weighted by Gasteiger charge is -2.08. The van der Waals surface area contributed by atoms with Crippen LogP contribution in [0.25, 0.3) is 11.0 Å². The van der Waals surface area contributed by atoms with Crippen LogP contribution < -0.4 is 10.9 Å². The molecule has 0 fully saturated rings. The van der Waals surface area contributed by atoms with Gasteiger partial charge in [0.15, 0.2) is 0 Å². The van der Waals surface area contributed by atoms with Crippen LogP contribution in [0.5, 0.6) is 0 Å². The van der Waals surface area contributed by atoms with Crippen LogP contribution in [-0.4, -0.2) is 25.2 Å². The lowest BCUT2D eigenvalue weighted by atomic mass is 10.2. The zero-order chi connectivity index (χ0) is 18.8. The van der Waals surface area contributed by atoms with Crippen LogP contribution in [0.3, 0.4) is 0 Å². The minimum absolute atomic E-state index is 0.200. The van der Waals surface area contributed by atoms with Crippen molar-refractivity contribution in [1.82, 2.24) is 19.3 Å². The number of nitrogens with zero attached hydrogens (tertiary/aromatic N) is 4. The van der Waals surface area contributed by atoms with Crippen molar-refractivity contribution < 1.29 is 4.79 Å². The first-order valence-electron chi connectivity index (χ1n) is 9.54. The lowest BCUT2D eigenvalue weighted by Crippen LogP contribution is -2.26. The van der Waals surface area contributed by atoms with Gasteiger partial charge < -0.3 is 9.88 Å². The smallest absolute Gasteiger partial charge is 0.276 e. The van der Waals surface area contributed by atoms with E-state index in [0.29, 0.717) is 12.2 Å². The predicted molar refractivity (Wildman–Crippen MR) is 104 cm³/mol. The normalized spacial score (nSPS) is 14.0. The van der Waals surface area contributed by atoms with Gasteiger partial charge in [-0.2, -0.15) is 5.10 Å². The minimum atomic E-state index is -0.333. The van der Waals surface area contributed by atoms with E-state index in [-0.39, 0.29) is 17.2 Å². The molecule has 0 bridgehead atoms. The monoisotopic (exact) mass is 365 g/mol. The van der Waals surface area contributed by atoms with Gasteiger partial charge in [0.2, 0.25) is 0 Å². The van der Waals surface area contributed by atoms with Crippen molar-refractivity contribution in [1.29, 1.82) is 0 Å². The number of carbonyl (C=O) groups excluding carboxylic acids is 1. The first-order valence-corrected chi connectivity index (χ1v) is 9.54. The quantitative estimate of drug-likeness (QED) is 0.771. The molecular formula is C20H23N5O2. The summed E-state index contributed by atoms with van der Waals surface area (Å²) in [5, 5.41) is 7.02. The molecule has 3 aromatic rings. The number of benzene rings is 1. The summed E-state index contributed by atoms with van der Waals surface area (Å²) in [5.41, 5.74) is 2.71. The third kappa shape index (κ3) is 3.49. The van der Waals surface area contributed by atoms with E-state index in [0.717, 1.165) is 36.2 Å². The molecule has 0 atom stereocenters. The van der Waals surface area contributed by atoms with Gasteiger partial charge >= 0.3 is 0 Å². The highest BCUT2D eigenvalue weighted by Gasteiger charge is 2.15. The number of aryl methyl sites for hydroxylation is 3. The molecule has 27 heavy (non-hydrogen) atoms. The Morgan fingerprint density at radius 3 is 2.93 bits per heavy atom. The van der Waals surface area contributed by atoms with Crippen molar-refractivity contribution in [3.05, 3.63) is 52.2 Å². The van der Waals surface area contributed by atoms with E-state index >= 15 is 0 Å². The fourth-order valence-electron chi connectivity index (χ4n) is 3.56. The second-order valence-corrected chi connectivity index (χ2v) is 6.93. The summed E-state index contributed by atoms with van der Waals surface area (Å²) in [6.07, 6.45) is 5.37. The number of hydrogen-bond donors (Lipinski definition) is 1. The molecule has 0 saturated heterocycles. The number of carbonyl (C=O) groups is 1. The molecule has 0 unspecified atom stereocenters. The highest BCUT2D eigenvalue weighted by atomic mass is 16.2. The van der Waals surface area contributed by atoms with E-state index in [4.69, 9.17) is 4.98 Å². The summed E-state index contributed by atoms with van der Waals surface area (Å²) >= 11 is 0. The number of anilines is 1. The van der Waals surface area contributed by atoms with Crippen LogP contribution in [-0.2, 0) is 19.5 Å². The lowest BCUT2D eigenvalue weighted by molar-refractivity contribution is 0.102. The highest BCUT2D eigenvalue weighted by Crippen LogP contribution is 2.24. The van der Waals surface area contributed by atoms with Crippen LogP contribution >= 0.6 is 0 Å². The summed E-state index contributed by atoms with van der Waals surface area (Å²) in [4.78, 5) is 29.1. The van der Waals surface area contributed by atoms with Crippen molar-refractivity contribution in [2.24, 2.45) is 0 Å². The summed E-state index contributed by atoms with van der Waals surface area (Å²) in [6.45, 7) is 3.45. The number of hydrogen-bond acceptors (Lipinski definition) is 4. The number of rotatable bonds is 4. The molecule has 3 heterocycles. The van der Waals surface area contributed by atoms with Gasteiger partial charge in [-0.25, -0.2) is 9.67 Å². The second-order valence-electron chi connectivity index (χ2n) is 6.93. The standard InChI is InChI=1S/C20H23N5O2/c1-2-11-25-19(26)10-8-15(23-25)20(27)21-14-7-9-17-16(13-14)22-18-6-4-3-5-12-24(17)18/h7-10,13H,2-6,11-12H2,1H3,(H,21,27). The maximum atomic E-state index is 12.5. The molecule has 7 nitrogen and oxygen atoms in total. The summed E-state index contributed by atoms with van der Waals surface area (Å²) in [6, 6.07) is 8.64. The summed E-state index contributed by atoms with van der Waals surface area (Å²) in [5.74, 6) is 0.791. The average molecular weight is 365 g/mol. The van der Waals surface area contributed by atoms with E-state index in [1.165, 1.54) is 36.1 Å². The Labute approximate surface area is 157 Å². The van der Waals surface area contributed by atoms with Gasteiger partial charge in [-0.1, -0.05) is 13.3 Å². The topological polar surface area (TPSA) is 81.8 Å². The van der Waals surface area contributed by atoms with Crippen molar-refractivity contribution in [2.45, 2.75) is 52.1 Å². The Morgan fingerprint density at radius 2 is 2.07 bits per heavy atom. The first-order chi connectivity index (χ1) is 13.2. The van der Waals surface area contributed by atoms with E-state index in [9.17, 15) is 9.59 Å². The molecular weight excluding hydrogens is 342 g/mol. The molecule has 140 valence electrons. The molecule has 1 N–H and O–H groups in total. The molecule has 4 rings (SSSR count). The third-order valence-corrected chi connectivity index (χ3v) is 4.90. The number of aromatic nitrogens is 4.